The van der Waals surface area contributed by atoms with Crippen LogP contribution >= 0.6 is 11.3 Å². The molecule has 3 heteroatoms. The summed E-state index contributed by atoms with van der Waals surface area (Å²) in [6.45, 7) is 0. The Morgan fingerprint density at radius 1 is 0.862 bits per heavy atom. The van der Waals surface area contributed by atoms with Gasteiger partial charge in [-0.05, 0) is 76.7 Å². The topological polar surface area (TPSA) is 30.0 Å². The van der Waals surface area contributed by atoms with Gasteiger partial charge in [-0.1, -0.05) is 54.1 Å². The Kier molecular flexibility index (Phi) is 4.82. The maximum absolute atomic E-state index is 11.1. The largest absolute Gasteiger partial charge is 0.278 e. The van der Waals surface area contributed by atoms with Crippen LogP contribution in [0.2, 0.25) is 0 Å². The van der Waals surface area contributed by atoms with Crippen molar-refractivity contribution in [2.75, 3.05) is 0 Å². The lowest BCUT2D eigenvalue weighted by atomic mass is 9.80. The van der Waals surface area contributed by atoms with E-state index in [2.05, 4.69) is 53.5 Å². The second-order valence-electron chi connectivity index (χ2n) is 7.41. The van der Waals surface area contributed by atoms with Crippen LogP contribution in [0.3, 0.4) is 0 Å². The van der Waals surface area contributed by atoms with Gasteiger partial charge in [-0.2, -0.15) is 0 Å². The summed E-state index contributed by atoms with van der Waals surface area (Å²) >= 11 is 1.55. The Hall–Kier alpha value is -3.04. The molecule has 0 amide bonds. The molecule has 0 saturated heterocycles. The van der Waals surface area contributed by atoms with Crippen molar-refractivity contribution < 1.29 is 0 Å². The summed E-state index contributed by atoms with van der Waals surface area (Å²) in [5.41, 5.74) is 6.06. The third-order valence-electron chi connectivity index (χ3n) is 5.74. The van der Waals surface area contributed by atoms with Gasteiger partial charge in [0.1, 0.15) is 0 Å². The van der Waals surface area contributed by atoms with E-state index in [1.807, 2.05) is 11.4 Å². The molecule has 0 bridgehead atoms. The molecule has 0 saturated carbocycles. The number of hydrogen-bond donors (Lipinski definition) is 0. The highest BCUT2D eigenvalue weighted by Crippen LogP contribution is 2.39. The molecule has 0 aliphatic heterocycles. The minimum Gasteiger partial charge on any atom is -0.267 e. The van der Waals surface area contributed by atoms with Crippen LogP contribution in [0.1, 0.15) is 30.4 Å². The molecular formula is C26H21NOS. The van der Waals surface area contributed by atoms with E-state index >= 15 is 0 Å². The summed E-state index contributed by atoms with van der Waals surface area (Å²) in [7, 11) is 0. The number of nitrogens with zero attached hydrogens (tertiary/aromatic N) is 1. The van der Waals surface area contributed by atoms with Crippen molar-refractivity contribution in [3.05, 3.63) is 105 Å². The predicted molar refractivity (Wildman–Crippen MR) is 123 cm³/mol. The molecule has 2 aromatic carbocycles. The molecule has 0 spiro atoms. The molecule has 2 aliphatic carbocycles. The fourth-order valence-corrected chi connectivity index (χ4v) is 5.11. The van der Waals surface area contributed by atoms with E-state index < -0.39 is 0 Å². The highest BCUT2D eigenvalue weighted by atomic mass is 32.1. The Morgan fingerprint density at radius 3 is 2.76 bits per heavy atom. The van der Waals surface area contributed by atoms with E-state index in [4.69, 9.17) is 0 Å². The van der Waals surface area contributed by atoms with Crippen LogP contribution in [0.15, 0.2) is 88.7 Å². The average molecular weight is 396 g/mol. The summed E-state index contributed by atoms with van der Waals surface area (Å²) in [6, 6.07) is 18.8. The molecular weight excluding hydrogens is 374 g/mol. The standard InChI is InChI=1S/C18H16.C8H5NOS/c1-3-7-15-13(5-1)9-11-18-16-8-4-2-6-14(16)10-12-17(15)18;10-8-6-3-5-11-7(6)2-1-4-9-8/h1,3-5,7-9,11H,2,6,10,12H2;1-5H. The van der Waals surface area contributed by atoms with Crippen LogP contribution in [0.25, 0.3) is 26.4 Å². The number of allylic oxidation sites excluding steroid dienone is 4. The van der Waals surface area contributed by atoms with Crippen molar-refractivity contribution in [3.63, 3.8) is 0 Å². The minimum absolute atomic E-state index is 0.147. The number of benzene rings is 2. The maximum Gasteiger partial charge on any atom is 0.278 e. The molecule has 0 radical (unpaired) electrons. The van der Waals surface area contributed by atoms with E-state index in [9.17, 15) is 4.79 Å². The molecule has 0 unspecified atom stereocenters. The Labute approximate surface area is 173 Å². The summed E-state index contributed by atoms with van der Waals surface area (Å²) in [6.07, 6.45) is 11.1. The zero-order valence-electron chi connectivity index (χ0n) is 16.1. The third-order valence-corrected chi connectivity index (χ3v) is 6.62. The second-order valence-corrected chi connectivity index (χ2v) is 8.36. The monoisotopic (exact) mass is 395 g/mol. The normalized spacial score (nSPS) is 14.9. The first-order valence-corrected chi connectivity index (χ1v) is 10.9. The van der Waals surface area contributed by atoms with Gasteiger partial charge in [0.15, 0.2) is 0 Å². The molecule has 29 heavy (non-hydrogen) atoms. The molecule has 0 N–H and O–H groups in total. The van der Waals surface area contributed by atoms with Crippen molar-refractivity contribution in [2.24, 2.45) is 0 Å². The Bertz CT molecular complexity index is 1330. The van der Waals surface area contributed by atoms with Crippen LogP contribution < -0.4 is 5.56 Å². The molecule has 6 rings (SSSR count). The SMILES string of the molecule is C1=CC2=C(CC1)CCc1c2ccc2ccccc12.O=c1ncccc2sccc12. The average Bonchev–Trinajstić information content (AvgIpc) is 3.18. The second kappa shape index (κ2) is 7.76. The molecule has 0 atom stereocenters. The van der Waals surface area contributed by atoms with Crippen LogP contribution in [-0.4, -0.2) is 4.98 Å². The summed E-state index contributed by atoms with van der Waals surface area (Å²) in [5, 5.41) is 5.42. The third kappa shape index (κ3) is 3.43. The van der Waals surface area contributed by atoms with Gasteiger partial charge in [-0.25, -0.2) is 4.98 Å². The lowest BCUT2D eigenvalue weighted by Gasteiger charge is -2.25. The van der Waals surface area contributed by atoms with Crippen LogP contribution in [0, 0.1) is 0 Å². The van der Waals surface area contributed by atoms with Crippen molar-refractivity contribution in [2.45, 2.75) is 25.7 Å². The van der Waals surface area contributed by atoms with Crippen molar-refractivity contribution in [1.82, 2.24) is 4.98 Å². The number of hydrogen-bond acceptors (Lipinski definition) is 3. The van der Waals surface area contributed by atoms with Crippen molar-refractivity contribution in [1.29, 1.82) is 0 Å². The number of rotatable bonds is 0. The molecule has 2 heterocycles. The summed E-state index contributed by atoms with van der Waals surface area (Å²) in [4.78, 5) is 14.8. The van der Waals surface area contributed by atoms with Crippen molar-refractivity contribution >= 4 is 37.8 Å². The fraction of sp³-hybridized carbons (Fsp3) is 0.154. The molecule has 142 valence electrons. The van der Waals surface area contributed by atoms with Gasteiger partial charge in [0.25, 0.3) is 5.56 Å². The molecule has 2 nitrogen and oxygen atoms in total. The van der Waals surface area contributed by atoms with E-state index in [-0.39, 0.29) is 5.56 Å². The van der Waals surface area contributed by atoms with E-state index in [1.54, 1.807) is 34.6 Å². The summed E-state index contributed by atoms with van der Waals surface area (Å²) in [5.74, 6) is 0. The zero-order chi connectivity index (χ0) is 19.6. The first kappa shape index (κ1) is 18.0. The Morgan fingerprint density at radius 2 is 1.79 bits per heavy atom. The van der Waals surface area contributed by atoms with Crippen LogP contribution in [0.5, 0.6) is 0 Å². The first-order valence-electron chi connectivity index (χ1n) is 10.0. The summed E-state index contributed by atoms with van der Waals surface area (Å²) < 4.78 is 0.993. The molecule has 2 aromatic heterocycles. The van der Waals surface area contributed by atoms with Gasteiger partial charge in [0.05, 0.1) is 5.39 Å². The van der Waals surface area contributed by atoms with E-state index in [0.29, 0.717) is 5.39 Å². The first-order chi connectivity index (χ1) is 14.3. The number of aromatic nitrogens is 1. The fourth-order valence-electron chi connectivity index (χ4n) is 4.32. The van der Waals surface area contributed by atoms with Crippen LogP contribution in [0.4, 0.5) is 0 Å². The van der Waals surface area contributed by atoms with Gasteiger partial charge in [0, 0.05) is 10.9 Å². The number of aryl methyl sites for hydroxylation is 1. The van der Waals surface area contributed by atoms with E-state index in [1.165, 1.54) is 53.8 Å². The highest BCUT2D eigenvalue weighted by Gasteiger charge is 2.20. The van der Waals surface area contributed by atoms with Crippen molar-refractivity contribution in [3.8, 4) is 0 Å². The molecule has 4 aromatic rings. The van der Waals surface area contributed by atoms with Gasteiger partial charge in [-0.3, -0.25) is 4.79 Å². The predicted octanol–water partition coefficient (Wildman–Crippen LogP) is 6.55. The highest BCUT2D eigenvalue weighted by molar-refractivity contribution is 7.17. The van der Waals surface area contributed by atoms with E-state index in [0.717, 1.165) is 4.70 Å². The quantitative estimate of drug-likeness (QED) is 0.338. The lowest BCUT2D eigenvalue weighted by molar-refractivity contribution is 0.831. The van der Waals surface area contributed by atoms with Crippen LogP contribution in [-0.2, 0) is 6.42 Å². The Balaban J connectivity index is 0.000000142. The molecule has 0 fully saturated rings. The van der Waals surface area contributed by atoms with Gasteiger partial charge in [0.2, 0.25) is 0 Å². The lowest BCUT2D eigenvalue weighted by Crippen LogP contribution is -2.06. The number of thiophene rings is 1. The van der Waals surface area contributed by atoms with Gasteiger partial charge >= 0.3 is 0 Å². The number of fused-ring (bicyclic) bond motifs is 5. The van der Waals surface area contributed by atoms with Gasteiger partial charge in [-0.15, -0.1) is 11.3 Å². The maximum atomic E-state index is 11.1. The minimum atomic E-state index is -0.147. The zero-order valence-corrected chi connectivity index (χ0v) is 16.9. The smallest absolute Gasteiger partial charge is 0.267 e. The van der Waals surface area contributed by atoms with Gasteiger partial charge < -0.3 is 0 Å². The molecule has 2 aliphatic rings.